The van der Waals surface area contributed by atoms with E-state index in [1.807, 2.05) is 48.5 Å². The maximum Gasteiger partial charge on any atom is 0.330 e. The van der Waals surface area contributed by atoms with Crippen molar-refractivity contribution in [3.05, 3.63) is 85.0 Å². The van der Waals surface area contributed by atoms with Crippen LogP contribution >= 0.6 is 11.8 Å². The average molecular weight is 354 g/mol. The Hall–Kier alpha value is -2.79. The number of carbonyl (C=O) groups is 2. The minimum atomic E-state index is -0.433. The zero-order chi connectivity index (χ0) is 18.1. The van der Waals surface area contributed by atoms with E-state index in [0.29, 0.717) is 0 Å². The molecule has 0 saturated heterocycles. The number of ether oxygens (including phenoxy) is 2. The van der Waals surface area contributed by atoms with Gasteiger partial charge >= 0.3 is 11.9 Å². The van der Waals surface area contributed by atoms with E-state index in [2.05, 4.69) is 13.2 Å². The zero-order valence-electron chi connectivity index (χ0n) is 13.6. The summed E-state index contributed by atoms with van der Waals surface area (Å²) in [5.74, 6) is -0.866. The third-order valence-electron chi connectivity index (χ3n) is 3.18. The summed E-state index contributed by atoms with van der Waals surface area (Å²) in [7, 11) is 0. The number of esters is 2. The number of hydrogen-bond donors (Lipinski definition) is 0. The van der Waals surface area contributed by atoms with Crippen molar-refractivity contribution in [1.82, 2.24) is 0 Å². The van der Waals surface area contributed by atoms with Gasteiger partial charge in [0.2, 0.25) is 0 Å². The molecule has 25 heavy (non-hydrogen) atoms. The lowest BCUT2D eigenvalue weighted by atomic mass is 10.2. The summed E-state index contributed by atoms with van der Waals surface area (Å²) < 4.78 is 9.98. The molecule has 2 aromatic rings. The largest absolute Gasteiger partial charge is 0.458 e. The minimum absolute atomic E-state index is 0.230. The first-order valence-corrected chi connectivity index (χ1v) is 8.36. The molecule has 0 aliphatic heterocycles. The molecule has 0 aliphatic rings. The van der Waals surface area contributed by atoms with E-state index >= 15 is 0 Å². The van der Waals surface area contributed by atoms with E-state index in [1.165, 1.54) is 0 Å². The second-order valence-corrected chi connectivity index (χ2v) is 6.16. The first-order valence-electron chi connectivity index (χ1n) is 7.55. The van der Waals surface area contributed by atoms with E-state index < -0.39 is 11.9 Å². The first-order chi connectivity index (χ1) is 12.1. The fourth-order valence-electron chi connectivity index (χ4n) is 1.87. The smallest absolute Gasteiger partial charge is 0.330 e. The van der Waals surface area contributed by atoms with E-state index in [4.69, 9.17) is 9.47 Å². The lowest BCUT2D eigenvalue weighted by Gasteiger charge is -2.06. The Balaban J connectivity index is 1.89. The van der Waals surface area contributed by atoms with Gasteiger partial charge in [0.25, 0.3) is 0 Å². The normalized spacial score (nSPS) is 9.92. The fourth-order valence-corrected chi connectivity index (χ4v) is 2.69. The molecule has 0 aliphatic carbocycles. The van der Waals surface area contributed by atoms with Crippen LogP contribution in [0.15, 0.2) is 83.6 Å². The summed E-state index contributed by atoms with van der Waals surface area (Å²) in [6.07, 6.45) is 2.29. The van der Waals surface area contributed by atoms with Gasteiger partial charge in [-0.15, -0.1) is 0 Å². The molecule has 0 spiro atoms. The molecule has 0 N–H and O–H groups in total. The van der Waals surface area contributed by atoms with Gasteiger partial charge in [-0.05, 0) is 35.4 Å². The standard InChI is InChI=1S/C20H18O4S/c1-3-19(21)23-13-15-5-9-17(10-6-15)25-18-11-7-16(8-12-18)14-24-20(22)4-2/h3-12H,1-2,13-14H2. The molecule has 128 valence electrons. The zero-order valence-corrected chi connectivity index (χ0v) is 14.5. The van der Waals surface area contributed by atoms with E-state index in [9.17, 15) is 9.59 Å². The predicted molar refractivity (Wildman–Crippen MR) is 97.0 cm³/mol. The van der Waals surface area contributed by atoms with Crippen LogP contribution in [0.1, 0.15) is 11.1 Å². The summed E-state index contributed by atoms with van der Waals surface area (Å²) in [5, 5.41) is 0. The summed E-state index contributed by atoms with van der Waals surface area (Å²) in [6.45, 7) is 7.18. The highest BCUT2D eigenvalue weighted by Crippen LogP contribution is 2.28. The van der Waals surface area contributed by atoms with Crippen LogP contribution in [0.5, 0.6) is 0 Å². The molecule has 2 aromatic carbocycles. The van der Waals surface area contributed by atoms with Crippen molar-refractivity contribution in [3.63, 3.8) is 0 Å². The Morgan fingerprint density at radius 3 is 1.44 bits per heavy atom. The molecule has 2 rings (SSSR count). The van der Waals surface area contributed by atoms with Gasteiger partial charge < -0.3 is 9.47 Å². The van der Waals surface area contributed by atoms with Gasteiger partial charge in [-0.2, -0.15) is 0 Å². The SMILES string of the molecule is C=CC(=O)OCc1ccc(Sc2ccc(COC(=O)C=C)cc2)cc1. The topological polar surface area (TPSA) is 52.6 Å². The van der Waals surface area contributed by atoms with Crippen LogP contribution in [0.25, 0.3) is 0 Å². The number of hydrogen-bond acceptors (Lipinski definition) is 5. The molecular weight excluding hydrogens is 336 g/mol. The highest BCUT2D eigenvalue weighted by molar-refractivity contribution is 7.99. The molecule has 0 unspecified atom stereocenters. The van der Waals surface area contributed by atoms with Crippen molar-refractivity contribution in [2.24, 2.45) is 0 Å². The van der Waals surface area contributed by atoms with E-state index in [0.717, 1.165) is 33.1 Å². The number of carbonyl (C=O) groups excluding carboxylic acids is 2. The highest BCUT2D eigenvalue weighted by atomic mass is 32.2. The second kappa shape index (κ2) is 9.49. The summed E-state index contributed by atoms with van der Waals surface area (Å²) in [6, 6.07) is 15.6. The maximum absolute atomic E-state index is 11.0. The third-order valence-corrected chi connectivity index (χ3v) is 4.19. The molecule has 0 atom stereocenters. The lowest BCUT2D eigenvalue weighted by molar-refractivity contribution is -0.139. The predicted octanol–water partition coefficient (Wildman–Crippen LogP) is 4.30. The minimum Gasteiger partial charge on any atom is -0.458 e. The number of rotatable bonds is 8. The fraction of sp³-hybridized carbons (Fsp3) is 0.100. The average Bonchev–Trinajstić information content (AvgIpc) is 2.66. The second-order valence-electron chi connectivity index (χ2n) is 5.01. The van der Waals surface area contributed by atoms with Crippen molar-refractivity contribution < 1.29 is 19.1 Å². The quantitative estimate of drug-likeness (QED) is 0.523. The van der Waals surface area contributed by atoms with Crippen molar-refractivity contribution in [1.29, 1.82) is 0 Å². The Kier molecular flexibility index (Phi) is 7.04. The number of benzene rings is 2. The summed E-state index contributed by atoms with van der Waals surface area (Å²) in [4.78, 5) is 24.2. The molecule has 5 heteroatoms. The van der Waals surface area contributed by atoms with Crippen molar-refractivity contribution in [2.45, 2.75) is 23.0 Å². The van der Waals surface area contributed by atoms with Gasteiger partial charge in [0.15, 0.2) is 0 Å². The van der Waals surface area contributed by atoms with Gasteiger partial charge in [-0.3, -0.25) is 0 Å². The Bertz CT molecular complexity index is 683. The Morgan fingerprint density at radius 2 is 1.12 bits per heavy atom. The van der Waals surface area contributed by atoms with Crippen LogP contribution in [0, 0.1) is 0 Å². The Morgan fingerprint density at radius 1 is 0.760 bits per heavy atom. The molecule has 0 bridgehead atoms. The first kappa shape index (κ1) is 18.5. The molecule has 0 radical (unpaired) electrons. The molecular formula is C20H18O4S. The molecule has 0 amide bonds. The van der Waals surface area contributed by atoms with Crippen molar-refractivity contribution in [2.75, 3.05) is 0 Å². The van der Waals surface area contributed by atoms with Gasteiger partial charge in [0, 0.05) is 21.9 Å². The van der Waals surface area contributed by atoms with E-state index in [-0.39, 0.29) is 13.2 Å². The molecule has 0 fully saturated rings. The van der Waals surface area contributed by atoms with Crippen molar-refractivity contribution >= 4 is 23.7 Å². The van der Waals surface area contributed by atoms with Crippen LogP contribution in [0.4, 0.5) is 0 Å². The van der Waals surface area contributed by atoms with Crippen LogP contribution in [-0.4, -0.2) is 11.9 Å². The van der Waals surface area contributed by atoms with Crippen molar-refractivity contribution in [3.8, 4) is 0 Å². The van der Waals surface area contributed by atoms with Crippen LogP contribution in [0.3, 0.4) is 0 Å². The van der Waals surface area contributed by atoms with Crippen LogP contribution < -0.4 is 0 Å². The molecule has 0 saturated carbocycles. The van der Waals surface area contributed by atoms with Gasteiger partial charge in [-0.25, -0.2) is 9.59 Å². The molecule has 0 heterocycles. The third kappa shape index (κ3) is 6.31. The van der Waals surface area contributed by atoms with Crippen LogP contribution in [0.2, 0.25) is 0 Å². The van der Waals surface area contributed by atoms with Crippen LogP contribution in [-0.2, 0) is 32.3 Å². The summed E-state index contributed by atoms with van der Waals surface area (Å²) in [5.41, 5.74) is 1.83. The van der Waals surface area contributed by atoms with Gasteiger partial charge in [-0.1, -0.05) is 49.2 Å². The van der Waals surface area contributed by atoms with Gasteiger partial charge in [0.1, 0.15) is 13.2 Å². The summed E-state index contributed by atoms with van der Waals surface area (Å²) >= 11 is 1.61. The van der Waals surface area contributed by atoms with Gasteiger partial charge in [0.05, 0.1) is 0 Å². The lowest BCUT2D eigenvalue weighted by Crippen LogP contribution is -2.00. The maximum atomic E-state index is 11.0. The van der Waals surface area contributed by atoms with E-state index in [1.54, 1.807) is 11.8 Å². The monoisotopic (exact) mass is 354 g/mol. The molecule has 4 nitrogen and oxygen atoms in total. The Labute approximate surface area is 151 Å². The molecule has 0 aromatic heterocycles. The highest BCUT2D eigenvalue weighted by Gasteiger charge is 2.02.